The molecule has 0 radical (unpaired) electrons. The maximum atomic E-state index is 13.4. The van der Waals surface area contributed by atoms with Crippen molar-refractivity contribution in [1.29, 1.82) is 0 Å². The monoisotopic (exact) mass is 323 g/mol. The summed E-state index contributed by atoms with van der Waals surface area (Å²) in [6.07, 6.45) is 0. The Morgan fingerprint density at radius 1 is 0.913 bits per heavy atom. The first kappa shape index (κ1) is 16.3. The fraction of sp³-hybridized carbons (Fsp3) is 0.0667. The molecule has 2 aromatic carbocycles. The number of carbonyl (C=O) groups excluding carboxylic acids is 2. The number of rotatable bonds is 2. The molecule has 120 valence electrons. The van der Waals surface area contributed by atoms with Crippen LogP contribution in [0.4, 0.5) is 30.2 Å². The first-order valence-electron chi connectivity index (χ1n) is 6.41. The van der Waals surface area contributed by atoms with Gasteiger partial charge in [-0.15, -0.1) is 0 Å². The van der Waals surface area contributed by atoms with Crippen LogP contribution in [0.2, 0.25) is 0 Å². The van der Waals surface area contributed by atoms with Gasteiger partial charge in [0.25, 0.3) is 0 Å². The van der Waals surface area contributed by atoms with Gasteiger partial charge in [-0.3, -0.25) is 9.59 Å². The van der Waals surface area contributed by atoms with E-state index in [2.05, 4.69) is 5.32 Å². The summed E-state index contributed by atoms with van der Waals surface area (Å²) in [6.45, 7) is 1.76. The van der Waals surface area contributed by atoms with Crippen LogP contribution in [0.1, 0.15) is 5.56 Å². The SMILES string of the molecule is Cc1ccc(N)c(NC(=O)C(=O)Nc2ccc(F)c(F)c2F)c1. The maximum absolute atomic E-state index is 13.4. The van der Waals surface area contributed by atoms with Gasteiger partial charge in [-0.05, 0) is 36.8 Å². The van der Waals surface area contributed by atoms with E-state index in [4.69, 9.17) is 5.73 Å². The predicted octanol–water partition coefficient (Wildman–Crippen LogP) is 2.57. The largest absolute Gasteiger partial charge is 0.397 e. The van der Waals surface area contributed by atoms with Crippen molar-refractivity contribution in [3.63, 3.8) is 0 Å². The van der Waals surface area contributed by atoms with Crippen LogP contribution in [0.5, 0.6) is 0 Å². The molecular formula is C15H12F3N3O2. The highest BCUT2D eigenvalue weighted by atomic mass is 19.2. The number of hydrogen-bond donors (Lipinski definition) is 3. The molecule has 0 unspecified atom stereocenters. The first-order chi connectivity index (χ1) is 10.8. The number of carbonyl (C=O) groups is 2. The van der Waals surface area contributed by atoms with E-state index in [1.54, 1.807) is 19.1 Å². The highest BCUT2D eigenvalue weighted by Gasteiger charge is 2.19. The standard InChI is InChI=1S/C15H12F3N3O2/c1-7-2-4-9(19)11(6-7)21-15(23)14(22)20-10-5-3-8(16)12(17)13(10)18/h2-6H,19H2,1H3,(H,20,22)(H,21,23). The van der Waals surface area contributed by atoms with Crippen LogP contribution in [-0.2, 0) is 9.59 Å². The van der Waals surface area contributed by atoms with Crippen LogP contribution in [0.3, 0.4) is 0 Å². The molecule has 0 spiro atoms. The summed E-state index contributed by atoms with van der Waals surface area (Å²) < 4.78 is 39.3. The quantitative estimate of drug-likeness (QED) is 0.451. The second kappa shape index (κ2) is 6.39. The Kier molecular flexibility index (Phi) is 4.54. The van der Waals surface area contributed by atoms with Gasteiger partial charge in [0.15, 0.2) is 17.5 Å². The van der Waals surface area contributed by atoms with E-state index in [1.165, 1.54) is 6.07 Å². The summed E-state index contributed by atoms with van der Waals surface area (Å²) in [4.78, 5) is 23.5. The lowest BCUT2D eigenvalue weighted by Gasteiger charge is -2.10. The van der Waals surface area contributed by atoms with Crippen molar-refractivity contribution in [2.45, 2.75) is 6.92 Å². The van der Waals surface area contributed by atoms with E-state index in [0.29, 0.717) is 6.07 Å². The number of benzene rings is 2. The lowest BCUT2D eigenvalue weighted by molar-refractivity contribution is -0.133. The number of aryl methyl sites for hydroxylation is 1. The molecule has 2 rings (SSSR count). The number of amides is 2. The summed E-state index contributed by atoms with van der Waals surface area (Å²) >= 11 is 0. The lowest BCUT2D eigenvalue weighted by Crippen LogP contribution is -2.29. The molecule has 0 saturated carbocycles. The van der Waals surface area contributed by atoms with Crippen LogP contribution in [-0.4, -0.2) is 11.8 Å². The normalized spacial score (nSPS) is 10.3. The van der Waals surface area contributed by atoms with Crippen LogP contribution in [0.25, 0.3) is 0 Å². The Morgan fingerprint density at radius 2 is 1.52 bits per heavy atom. The second-order valence-electron chi connectivity index (χ2n) is 4.72. The van der Waals surface area contributed by atoms with Crippen molar-refractivity contribution in [3.8, 4) is 0 Å². The average Bonchev–Trinajstić information content (AvgIpc) is 2.51. The zero-order chi connectivity index (χ0) is 17.1. The van der Waals surface area contributed by atoms with Gasteiger partial charge in [0, 0.05) is 0 Å². The third-order valence-electron chi connectivity index (χ3n) is 2.95. The Labute approximate surface area is 129 Å². The maximum Gasteiger partial charge on any atom is 0.314 e. The molecule has 0 aliphatic heterocycles. The fourth-order valence-electron chi connectivity index (χ4n) is 1.76. The smallest absolute Gasteiger partial charge is 0.314 e. The molecule has 0 atom stereocenters. The van der Waals surface area contributed by atoms with Crippen LogP contribution in [0, 0.1) is 24.4 Å². The number of hydrogen-bond acceptors (Lipinski definition) is 3. The molecular weight excluding hydrogens is 311 g/mol. The summed E-state index contributed by atoms with van der Waals surface area (Å²) in [7, 11) is 0. The minimum Gasteiger partial charge on any atom is -0.397 e. The van der Waals surface area contributed by atoms with E-state index in [9.17, 15) is 22.8 Å². The Balaban J connectivity index is 2.13. The third kappa shape index (κ3) is 3.60. The van der Waals surface area contributed by atoms with Gasteiger partial charge in [0.2, 0.25) is 0 Å². The molecule has 0 aliphatic carbocycles. The zero-order valence-corrected chi connectivity index (χ0v) is 11.9. The number of nitrogens with two attached hydrogens (primary N) is 1. The van der Waals surface area contributed by atoms with Gasteiger partial charge in [0.05, 0.1) is 17.1 Å². The van der Waals surface area contributed by atoms with Gasteiger partial charge < -0.3 is 16.4 Å². The van der Waals surface area contributed by atoms with Gasteiger partial charge in [0.1, 0.15) is 0 Å². The number of nitrogens with one attached hydrogen (secondary N) is 2. The van der Waals surface area contributed by atoms with Crippen molar-refractivity contribution >= 4 is 28.9 Å². The minimum atomic E-state index is -1.74. The van der Waals surface area contributed by atoms with Crippen LogP contribution in [0.15, 0.2) is 30.3 Å². The third-order valence-corrected chi connectivity index (χ3v) is 2.95. The minimum absolute atomic E-state index is 0.205. The number of anilines is 3. The van der Waals surface area contributed by atoms with Gasteiger partial charge in [-0.25, -0.2) is 13.2 Å². The molecule has 0 fully saturated rings. The molecule has 0 aliphatic rings. The van der Waals surface area contributed by atoms with Crippen LogP contribution >= 0.6 is 0 Å². The average molecular weight is 323 g/mol. The molecule has 2 aromatic rings. The van der Waals surface area contributed by atoms with Crippen molar-refractivity contribution in [3.05, 3.63) is 53.3 Å². The Bertz CT molecular complexity index is 794. The molecule has 2 amide bonds. The summed E-state index contributed by atoms with van der Waals surface area (Å²) in [5.74, 6) is -7.13. The van der Waals surface area contributed by atoms with E-state index >= 15 is 0 Å². The van der Waals surface area contributed by atoms with Crippen molar-refractivity contribution in [2.24, 2.45) is 0 Å². The van der Waals surface area contributed by atoms with Crippen LogP contribution < -0.4 is 16.4 Å². The molecule has 0 bridgehead atoms. The molecule has 0 aromatic heterocycles. The van der Waals surface area contributed by atoms with E-state index in [1.807, 2.05) is 5.32 Å². The highest BCUT2D eigenvalue weighted by molar-refractivity contribution is 6.43. The number of nitrogen functional groups attached to an aromatic ring is 1. The molecule has 0 saturated heterocycles. The summed E-state index contributed by atoms with van der Waals surface area (Å²) in [6, 6.07) is 6.22. The van der Waals surface area contributed by atoms with Crippen molar-refractivity contribution < 1.29 is 22.8 Å². The Morgan fingerprint density at radius 3 is 2.17 bits per heavy atom. The lowest BCUT2D eigenvalue weighted by atomic mass is 10.2. The van der Waals surface area contributed by atoms with E-state index < -0.39 is 35.0 Å². The van der Waals surface area contributed by atoms with Crippen molar-refractivity contribution in [1.82, 2.24) is 0 Å². The molecule has 4 N–H and O–H groups in total. The molecule has 0 heterocycles. The van der Waals surface area contributed by atoms with E-state index in [0.717, 1.165) is 11.6 Å². The first-order valence-corrected chi connectivity index (χ1v) is 6.41. The molecule has 8 heteroatoms. The van der Waals surface area contributed by atoms with Crippen molar-refractivity contribution in [2.75, 3.05) is 16.4 Å². The van der Waals surface area contributed by atoms with Gasteiger partial charge >= 0.3 is 11.8 Å². The highest BCUT2D eigenvalue weighted by Crippen LogP contribution is 2.21. The summed E-state index contributed by atoms with van der Waals surface area (Å²) in [5.41, 5.74) is 6.23. The molecule has 23 heavy (non-hydrogen) atoms. The zero-order valence-electron chi connectivity index (χ0n) is 11.9. The predicted molar refractivity (Wildman–Crippen MR) is 79.2 cm³/mol. The van der Waals surface area contributed by atoms with Gasteiger partial charge in [-0.1, -0.05) is 6.07 Å². The fourth-order valence-corrected chi connectivity index (χ4v) is 1.76. The van der Waals surface area contributed by atoms with Gasteiger partial charge in [-0.2, -0.15) is 0 Å². The van der Waals surface area contributed by atoms with E-state index in [-0.39, 0.29) is 11.4 Å². The second-order valence-corrected chi connectivity index (χ2v) is 4.72. The Hall–Kier alpha value is -3.03. The topological polar surface area (TPSA) is 84.2 Å². The molecule has 5 nitrogen and oxygen atoms in total. The number of halogens is 3. The summed E-state index contributed by atoms with van der Waals surface area (Å²) in [5, 5.41) is 4.11.